The molecule has 3 aliphatic rings. The zero-order valence-corrected chi connectivity index (χ0v) is 25.2. The lowest BCUT2D eigenvalue weighted by atomic mass is 9.81. The molecule has 5 bridgehead atoms. The van der Waals surface area contributed by atoms with E-state index in [2.05, 4.69) is 16.1 Å². The van der Waals surface area contributed by atoms with Gasteiger partial charge in [-0.3, -0.25) is 29.2 Å². The van der Waals surface area contributed by atoms with Crippen LogP contribution in [-0.4, -0.2) is 71.6 Å². The summed E-state index contributed by atoms with van der Waals surface area (Å²) in [5, 5.41) is 8.08. The molecule has 1 aromatic carbocycles. The quantitative estimate of drug-likeness (QED) is 0.431. The third-order valence-corrected chi connectivity index (χ3v) is 8.41. The van der Waals surface area contributed by atoms with Crippen LogP contribution in [0.25, 0.3) is 17.0 Å². The highest BCUT2D eigenvalue weighted by molar-refractivity contribution is 5.92. The number of pyridine rings is 1. The van der Waals surface area contributed by atoms with Crippen molar-refractivity contribution in [3.63, 3.8) is 0 Å². The minimum atomic E-state index is -1.11. The van der Waals surface area contributed by atoms with Crippen molar-refractivity contribution in [3.05, 3.63) is 47.7 Å². The van der Waals surface area contributed by atoms with Crippen LogP contribution in [0.3, 0.4) is 0 Å². The molecule has 3 aliphatic heterocycles. The number of hydrogen-bond acceptors (Lipinski definition) is 8. The Morgan fingerprint density at radius 1 is 1.00 bits per heavy atom. The van der Waals surface area contributed by atoms with Crippen molar-refractivity contribution in [2.75, 3.05) is 19.8 Å². The van der Waals surface area contributed by atoms with Crippen LogP contribution in [0.5, 0.6) is 0 Å². The molecule has 43 heavy (non-hydrogen) atoms. The molecule has 2 saturated heterocycles. The highest BCUT2D eigenvalue weighted by Gasteiger charge is 2.43. The van der Waals surface area contributed by atoms with Crippen molar-refractivity contribution in [3.8, 4) is 0 Å². The van der Waals surface area contributed by atoms with Gasteiger partial charge in [0.2, 0.25) is 5.91 Å². The van der Waals surface area contributed by atoms with Crippen LogP contribution in [0.1, 0.15) is 70.7 Å². The molecule has 0 saturated carbocycles. The second kappa shape index (κ2) is 12.8. The number of carbonyl (C=O) groups excluding carboxylic acids is 4. The van der Waals surface area contributed by atoms with Crippen molar-refractivity contribution in [2.45, 2.75) is 77.6 Å². The van der Waals surface area contributed by atoms with Gasteiger partial charge >= 0.3 is 5.97 Å². The lowest BCUT2D eigenvalue weighted by Gasteiger charge is -2.36. The summed E-state index contributed by atoms with van der Waals surface area (Å²) >= 11 is 0. The number of aromatic nitrogens is 1. The summed E-state index contributed by atoms with van der Waals surface area (Å²) in [5.74, 6) is -2.06. The fraction of sp³-hybridized carbons (Fsp3) is 0.531. The van der Waals surface area contributed by atoms with Gasteiger partial charge < -0.3 is 20.1 Å². The van der Waals surface area contributed by atoms with E-state index in [1.54, 1.807) is 20.8 Å². The van der Waals surface area contributed by atoms with Gasteiger partial charge in [0.15, 0.2) is 6.10 Å². The zero-order valence-electron chi connectivity index (χ0n) is 25.2. The molecule has 5 rings (SSSR count). The Balaban J connectivity index is 1.53. The summed E-state index contributed by atoms with van der Waals surface area (Å²) in [7, 11) is 0. The minimum Gasteiger partial charge on any atom is -0.451 e. The van der Waals surface area contributed by atoms with E-state index in [-0.39, 0.29) is 30.4 Å². The van der Waals surface area contributed by atoms with Crippen molar-refractivity contribution in [1.82, 2.24) is 26.1 Å². The summed E-state index contributed by atoms with van der Waals surface area (Å²) in [6, 6.07) is 7.80. The SMILES string of the molecule is CC(C)[C@@H]1OC(=O)C2(C=Cc3ccc4ccc(nc4c3)[C@@H](C)NC(=O)[C@@H]3CCCN(N3)C(=O)[C@H](C)NC1=O)CCCOC2. The summed E-state index contributed by atoms with van der Waals surface area (Å²) in [4.78, 5) is 58.5. The number of ether oxygens (including phenoxy) is 2. The second-order valence-electron chi connectivity index (χ2n) is 12.2. The maximum atomic E-state index is 13.8. The van der Waals surface area contributed by atoms with Gasteiger partial charge in [0.05, 0.1) is 23.9 Å². The van der Waals surface area contributed by atoms with E-state index in [1.165, 1.54) is 5.01 Å². The van der Waals surface area contributed by atoms with Gasteiger partial charge in [-0.1, -0.05) is 44.2 Å². The smallest absolute Gasteiger partial charge is 0.319 e. The van der Waals surface area contributed by atoms with Gasteiger partial charge in [0, 0.05) is 18.5 Å². The molecular weight excluding hydrogens is 550 g/mol. The Hall–Kier alpha value is -3.83. The molecule has 1 aromatic heterocycles. The average Bonchev–Trinajstić information content (AvgIpc) is 3.01. The lowest BCUT2D eigenvalue weighted by molar-refractivity contribution is -0.171. The van der Waals surface area contributed by atoms with Crippen molar-refractivity contribution < 1.29 is 28.7 Å². The number of hydrogen-bond donors (Lipinski definition) is 3. The van der Waals surface area contributed by atoms with Gasteiger partial charge in [0.1, 0.15) is 17.5 Å². The molecule has 11 heteroatoms. The van der Waals surface area contributed by atoms with Crippen LogP contribution in [0, 0.1) is 11.3 Å². The number of hydrazine groups is 1. The fourth-order valence-corrected chi connectivity index (χ4v) is 5.77. The van der Waals surface area contributed by atoms with E-state index < -0.39 is 35.5 Å². The van der Waals surface area contributed by atoms with Gasteiger partial charge in [0.25, 0.3) is 11.8 Å². The predicted molar refractivity (Wildman–Crippen MR) is 160 cm³/mol. The van der Waals surface area contributed by atoms with Crippen LogP contribution in [-0.2, 0) is 28.7 Å². The Morgan fingerprint density at radius 3 is 2.51 bits per heavy atom. The van der Waals surface area contributed by atoms with Crippen molar-refractivity contribution in [1.29, 1.82) is 0 Å². The first-order valence-corrected chi connectivity index (χ1v) is 15.1. The number of cyclic esters (lactones) is 1. The number of amides is 3. The van der Waals surface area contributed by atoms with E-state index in [0.717, 1.165) is 16.5 Å². The molecule has 0 radical (unpaired) electrons. The van der Waals surface area contributed by atoms with Crippen LogP contribution in [0.2, 0.25) is 0 Å². The predicted octanol–water partition coefficient (Wildman–Crippen LogP) is 2.80. The Bertz CT molecular complexity index is 1420. The molecule has 5 atom stereocenters. The fourth-order valence-electron chi connectivity index (χ4n) is 5.77. The van der Waals surface area contributed by atoms with Crippen molar-refractivity contribution in [2.24, 2.45) is 11.3 Å². The van der Waals surface area contributed by atoms with Gasteiger partial charge in [-0.15, -0.1) is 0 Å². The topological polar surface area (TPSA) is 139 Å². The molecule has 11 nitrogen and oxygen atoms in total. The Labute approximate surface area is 251 Å². The molecule has 2 aromatic rings. The zero-order chi connectivity index (χ0) is 30.7. The number of nitrogens with zero attached hydrogens (tertiary/aromatic N) is 2. The normalized spacial score (nSPS) is 29.5. The molecule has 0 aliphatic carbocycles. The summed E-state index contributed by atoms with van der Waals surface area (Å²) in [6.45, 7) is 8.11. The monoisotopic (exact) mass is 591 g/mol. The van der Waals surface area contributed by atoms with E-state index in [0.29, 0.717) is 44.5 Å². The van der Waals surface area contributed by atoms with E-state index in [4.69, 9.17) is 14.5 Å². The number of fused-ring (bicyclic) bond motifs is 4. The molecule has 1 unspecified atom stereocenters. The highest BCUT2D eigenvalue weighted by Crippen LogP contribution is 2.34. The van der Waals surface area contributed by atoms with E-state index in [9.17, 15) is 19.2 Å². The molecule has 3 N–H and O–H groups in total. The summed E-state index contributed by atoms with van der Waals surface area (Å²) < 4.78 is 11.6. The third kappa shape index (κ3) is 6.73. The van der Waals surface area contributed by atoms with Crippen LogP contribution < -0.4 is 16.1 Å². The first kappa shape index (κ1) is 30.6. The van der Waals surface area contributed by atoms with Crippen LogP contribution >= 0.6 is 0 Å². The van der Waals surface area contributed by atoms with Crippen LogP contribution in [0.15, 0.2) is 36.4 Å². The largest absolute Gasteiger partial charge is 0.451 e. The first-order valence-electron chi connectivity index (χ1n) is 15.1. The third-order valence-electron chi connectivity index (χ3n) is 8.41. The Morgan fingerprint density at radius 2 is 1.77 bits per heavy atom. The van der Waals surface area contributed by atoms with E-state index in [1.807, 2.05) is 49.4 Å². The first-order chi connectivity index (χ1) is 20.6. The van der Waals surface area contributed by atoms with Gasteiger partial charge in [-0.2, -0.15) is 0 Å². The number of nitrogens with one attached hydrogen (secondary N) is 3. The standard InChI is InChI=1S/C32H41N5O6/c1-19(2)27-29(39)34-21(4)30(40)37-15-5-7-25(36-37)28(38)33-20(3)24-11-10-23-9-8-22(17-26(23)35-24)12-14-32(31(41)43-27)13-6-16-42-18-32/h8-12,14,17,19-21,25,27,36H,5-7,13,15-16,18H2,1-4H3,(H,33,38)(H,34,39)/t20-,21+,25+,27+,32?/m1/s1. The summed E-state index contributed by atoms with van der Waals surface area (Å²) in [6.07, 6.45) is 4.92. The number of rotatable bonds is 1. The molecule has 3 amide bonds. The molecule has 230 valence electrons. The Kier molecular flexibility index (Phi) is 9.12. The van der Waals surface area contributed by atoms with Crippen LogP contribution in [0.4, 0.5) is 0 Å². The molecule has 2 fully saturated rings. The van der Waals surface area contributed by atoms with E-state index >= 15 is 0 Å². The summed E-state index contributed by atoms with van der Waals surface area (Å²) in [5.41, 5.74) is 4.26. The lowest BCUT2D eigenvalue weighted by Crippen LogP contribution is -2.61. The maximum Gasteiger partial charge on any atom is 0.319 e. The maximum absolute atomic E-state index is 13.8. The molecular formula is C32H41N5O6. The number of carbonyl (C=O) groups is 4. The molecule has 4 heterocycles. The number of esters is 1. The number of benzene rings is 1. The molecule has 1 spiro atoms. The highest BCUT2D eigenvalue weighted by atomic mass is 16.6. The minimum absolute atomic E-state index is 0.138. The average molecular weight is 592 g/mol. The van der Waals surface area contributed by atoms with Gasteiger partial charge in [-0.25, -0.2) is 5.43 Å². The second-order valence-corrected chi connectivity index (χ2v) is 12.2. The van der Waals surface area contributed by atoms with Crippen molar-refractivity contribution >= 4 is 40.7 Å². The van der Waals surface area contributed by atoms with Gasteiger partial charge in [-0.05, 0) is 63.1 Å².